The van der Waals surface area contributed by atoms with Gasteiger partial charge in [0.2, 0.25) is 0 Å². The number of hydrogen-bond acceptors (Lipinski definition) is 6. The van der Waals surface area contributed by atoms with Crippen molar-refractivity contribution in [3.63, 3.8) is 0 Å². The lowest BCUT2D eigenvalue weighted by Crippen LogP contribution is -2.48. The molecule has 0 spiro atoms. The summed E-state index contributed by atoms with van der Waals surface area (Å²) in [4.78, 5) is 26.1. The summed E-state index contributed by atoms with van der Waals surface area (Å²) in [6.07, 6.45) is 0. The van der Waals surface area contributed by atoms with Gasteiger partial charge in [-0.05, 0) is 87.6 Å². The molecule has 0 radical (unpaired) electrons. The number of benzene rings is 3. The number of carbonyl (C=O) groups is 2. The van der Waals surface area contributed by atoms with Crippen molar-refractivity contribution < 1.29 is 32.2 Å². The molecule has 0 aliphatic heterocycles. The van der Waals surface area contributed by atoms with Crippen molar-refractivity contribution in [2.24, 2.45) is 5.92 Å². The smallest absolute Gasteiger partial charge is 0.330 e. The van der Waals surface area contributed by atoms with Crippen LogP contribution in [0.25, 0.3) is 22.1 Å². The van der Waals surface area contributed by atoms with E-state index in [4.69, 9.17) is 13.9 Å². The van der Waals surface area contributed by atoms with Crippen LogP contribution in [-0.2, 0) is 20.8 Å². The Kier molecular flexibility index (Phi) is 9.32. The highest BCUT2D eigenvalue weighted by Gasteiger charge is 2.36. The molecule has 1 amide bonds. The lowest BCUT2D eigenvalue weighted by atomic mass is 10.0. The molecule has 4 aromatic rings. The van der Waals surface area contributed by atoms with E-state index in [2.05, 4.69) is 5.32 Å². The van der Waals surface area contributed by atoms with Crippen LogP contribution in [0.5, 0.6) is 5.75 Å². The Balaban J connectivity index is 1.53. The van der Waals surface area contributed by atoms with E-state index < -0.39 is 28.9 Å². The van der Waals surface area contributed by atoms with Gasteiger partial charge in [-0.15, -0.1) is 0 Å². The normalized spacial score (nSPS) is 13.1. The molecule has 0 fully saturated rings. The second-order valence-electron chi connectivity index (χ2n) is 11.7. The molecule has 2 atom stereocenters. The first kappa shape index (κ1) is 31.8. The molecule has 10 heteroatoms. The van der Waals surface area contributed by atoms with E-state index >= 15 is 0 Å². The zero-order valence-corrected chi connectivity index (χ0v) is 26.5. The Labute approximate surface area is 254 Å². The number of nitrogens with one attached hydrogen (secondary N) is 1. The summed E-state index contributed by atoms with van der Waals surface area (Å²) in [5.41, 5.74) is 4.22. The number of hydrogen-bond donors (Lipinski definition) is 2. The van der Waals surface area contributed by atoms with Gasteiger partial charge in [0.05, 0.1) is 18.2 Å². The highest BCUT2D eigenvalue weighted by Crippen LogP contribution is 2.36. The molecule has 9 nitrogen and oxygen atoms in total. The maximum atomic E-state index is 13.1. The van der Waals surface area contributed by atoms with Crippen molar-refractivity contribution >= 4 is 45.5 Å². The lowest BCUT2D eigenvalue weighted by molar-refractivity contribution is -0.157. The summed E-state index contributed by atoms with van der Waals surface area (Å²) >= 11 is -2.46. The molecule has 0 saturated heterocycles. The fraction of sp³-hybridized carbons (Fsp3) is 0.333. The van der Waals surface area contributed by atoms with E-state index in [1.54, 1.807) is 66.0 Å². The summed E-state index contributed by atoms with van der Waals surface area (Å²) in [5, 5.41) is 3.67. The maximum absolute atomic E-state index is 13.1. The summed E-state index contributed by atoms with van der Waals surface area (Å²) in [7, 11) is 1.60. The van der Waals surface area contributed by atoms with E-state index in [1.165, 1.54) is 0 Å². The van der Waals surface area contributed by atoms with E-state index in [0.717, 1.165) is 26.4 Å². The molecule has 0 aliphatic rings. The van der Waals surface area contributed by atoms with Gasteiger partial charge in [-0.25, -0.2) is 9.00 Å². The molecular formula is C33H38N2O7S. The monoisotopic (exact) mass is 606 g/mol. The van der Waals surface area contributed by atoms with Crippen LogP contribution in [0, 0.1) is 19.8 Å². The number of esters is 1. The van der Waals surface area contributed by atoms with Gasteiger partial charge in [0, 0.05) is 11.3 Å². The van der Waals surface area contributed by atoms with Crippen molar-refractivity contribution in [3.05, 3.63) is 77.6 Å². The Morgan fingerprint density at radius 3 is 2.05 bits per heavy atom. The van der Waals surface area contributed by atoms with E-state index in [9.17, 15) is 18.4 Å². The fourth-order valence-corrected chi connectivity index (χ4v) is 5.80. The van der Waals surface area contributed by atoms with Crippen LogP contribution < -0.4 is 14.4 Å². The van der Waals surface area contributed by atoms with Gasteiger partial charge >= 0.3 is 5.97 Å². The van der Waals surface area contributed by atoms with Gasteiger partial charge < -0.3 is 19.2 Å². The molecule has 1 aromatic heterocycles. The SMILES string of the molecule is COc1c(C)ccc2oc(C(=O)Nc3ccc(-c4ccc(N(C(C(=O)OC(C)(C)C)C(C)C)S(=O)O)cc4)cc3)c(C)c12. The van der Waals surface area contributed by atoms with Gasteiger partial charge in [-0.3, -0.25) is 13.7 Å². The average molecular weight is 607 g/mol. The number of fused-ring (bicyclic) bond motifs is 1. The molecule has 3 aromatic carbocycles. The Hall–Kier alpha value is -4.15. The molecule has 0 aliphatic carbocycles. The first-order chi connectivity index (χ1) is 20.2. The topological polar surface area (TPSA) is 118 Å². The molecule has 2 unspecified atom stereocenters. The number of methoxy groups -OCH3 is 1. The van der Waals surface area contributed by atoms with Crippen LogP contribution >= 0.6 is 0 Å². The van der Waals surface area contributed by atoms with Gasteiger partial charge in [0.25, 0.3) is 17.2 Å². The Morgan fingerprint density at radius 2 is 1.53 bits per heavy atom. The first-order valence-corrected chi connectivity index (χ1v) is 15.0. The predicted molar refractivity (Wildman–Crippen MR) is 170 cm³/mol. The fourth-order valence-electron chi connectivity index (χ4n) is 4.97. The van der Waals surface area contributed by atoms with E-state index in [1.807, 2.05) is 50.2 Å². The van der Waals surface area contributed by atoms with Gasteiger partial charge in [0.15, 0.2) is 5.76 Å². The minimum absolute atomic E-state index is 0.218. The molecule has 43 heavy (non-hydrogen) atoms. The van der Waals surface area contributed by atoms with Crippen LogP contribution in [0.1, 0.15) is 56.3 Å². The lowest BCUT2D eigenvalue weighted by Gasteiger charge is -2.33. The van der Waals surface area contributed by atoms with E-state index in [0.29, 0.717) is 28.3 Å². The van der Waals surface area contributed by atoms with Crippen molar-refractivity contribution in [3.8, 4) is 16.9 Å². The molecule has 0 bridgehead atoms. The number of anilines is 2. The predicted octanol–water partition coefficient (Wildman–Crippen LogP) is 7.29. The number of rotatable bonds is 9. The minimum Gasteiger partial charge on any atom is -0.496 e. The largest absolute Gasteiger partial charge is 0.496 e. The third kappa shape index (κ3) is 6.92. The molecule has 4 rings (SSSR count). The summed E-state index contributed by atoms with van der Waals surface area (Å²) in [6.45, 7) is 12.6. The second kappa shape index (κ2) is 12.6. The number of aryl methyl sites for hydroxylation is 2. The third-order valence-corrected chi connectivity index (χ3v) is 7.73. The average Bonchev–Trinajstić information content (AvgIpc) is 3.27. The van der Waals surface area contributed by atoms with Crippen molar-refractivity contribution in [1.29, 1.82) is 0 Å². The second-order valence-corrected chi connectivity index (χ2v) is 12.6. The van der Waals surface area contributed by atoms with Crippen molar-refractivity contribution in [2.75, 3.05) is 16.7 Å². The van der Waals surface area contributed by atoms with Gasteiger partial charge in [0.1, 0.15) is 23.0 Å². The minimum atomic E-state index is -2.46. The Bertz CT molecular complexity index is 1650. The van der Waals surface area contributed by atoms with Crippen LogP contribution in [-0.4, -0.2) is 39.4 Å². The molecule has 1 heterocycles. The highest BCUT2D eigenvalue weighted by atomic mass is 32.2. The quantitative estimate of drug-likeness (QED) is 0.152. The van der Waals surface area contributed by atoms with E-state index in [-0.39, 0.29) is 17.6 Å². The maximum Gasteiger partial charge on any atom is 0.330 e. The molecule has 2 N–H and O–H groups in total. The number of nitrogens with zero attached hydrogens (tertiary/aromatic N) is 1. The van der Waals surface area contributed by atoms with Gasteiger partial charge in [-0.2, -0.15) is 0 Å². The van der Waals surface area contributed by atoms with Crippen LogP contribution in [0.2, 0.25) is 0 Å². The summed E-state index contributed by atoms with van der Waals surface area (Å²) in [6, 6.07) is 17.1. The number of furan rings is 1. The van der Waals surface area contributed by atoms with Crippen LogP contribution in [0.4, 0.5) is 11.4 Å². The number of carbonyl (C=O) groups excluding carboxylic acids is 2. The molecule has 228 valence electrons. The highest BCUT2D eigenvalue weighted by molar-refractivity contribution is 7.80. The standard InChI is InChI=1S/C33H38N2O7S/c1-19(2)28(32(37)42-33(5,6)7)35(43(38)39)25-16-12-23(13-17-25)22-10-14-24(15-11-22)34-31(36)30-21(4)27-26(41-30)18-9-20(3)29(27)40-8/h9-19,28H,1-8H3,(H,34,36)(H,38,39). The Morgan fingerprint density at radius 1 is 0.953 bits per heavy atom. The van der Waals surface area contributed by atoms with Crippen molar-refractivity contribution in [1.82, 2.24) is 0 Å². The number of ether oxygens (including phenoxy) is 2. The van der Waals surface area contributed by atoms with Gasteiger partial charge in [-0.1, -0.05) is 44.2 Å². The third-order valence-electron chi connectivity index (χ3n) is 6.95. The van der Waals surface area contributed by atoms with Crippen LogP contribution in [0.3, 0.4) is 0 Å². The number of amides is 1. The summed E-state index contributed by atoms with van der Waals surface area (Å²) in [5.74, 6) is -0.324. The summed E-state index contributed by atoms with van der Waals surface area (Å²) < 4.78 is 40.7. The van der Waals surface area contributed by atoms with Crippen LogP contribution in [0.15, 0.2) is 65.1 Å². The molecule has 0 saturated carbocycles. The first-order valence-electron chi connectivity index (χ1n) is 13.9. The zero-order chi connectivity index (χ0) is 31.6. The molecular weight excluding hydrogens is 568 g/mol. The zero-order valence-electron chi connectivity index (χ0n) is 25.7. The van der Waals surface area contributed by atoms with Crippen molar-refractivity contribution in [2.45, 2.75) is 60.1 Å².